The highest BCUT2D eigenvalue weighted by molar-refractivity contribution is 7.89. The fourth-order valence-corrected chi connectivity index (χ4v) is 4.96. The zero-order valence-electron chi connectivity index (χ0n) is 16.9. The van der Waals surface area contributed by atoms with Crippen LogP contribution in [-0.2, 0) is 10.0 Å². The third-order valence-electron chi connectivity index (χ3n) is 5.24. The molecular weight excluding hydrogens is 396 g/mol. The van der Waals surface area contributed by atoms with Crippen molar-refractivity contribution in [3.05, 3.63) is 35.1 Å². The first-order valence-corrected chi connectivity index (χ1v) is 11.1. The van der Waals surface area contributed by atoms with E-state index in [1.54, 1.807) is 6.07 Å². The topological polar surface area (TPSA) is 115 Å². The molecule has 1 unspecified atom stereocenters. The minimum atomic E-state index is -3.89. The highest BCUT2D eigenvalue weighted by Crippen LogP contribution is 2.37. The van der Waals surface area contributed by atoms with Gasteiger partial charge in [0.2, 0.25) is 16.7 Å². The molecule has 1 fully saturated rings. The van der Waals surface area contributed by atoms with Crippen LogP contribution in [0.5, 0.6) is 0 Å². The number of aryl methyl sites for hydroxylation is 1. The summed E-state index contributed by atoms with van der Waals surface area (Å²) >= 11 is 0. The Bertz CT molecular complexity index is 1110. The largest absolute Gasteiger partial charge is 0.440 e. The number of aromatic nitrogens is 3. The maximum absolute atomic E-state index is 13.3. The van der Waals surface area contributed by atoms with E-state index in [9.17, 15) is 8.42 Å². The lowest BCUT2D eigenvalue weighted by atomic mass is 10.1. The van der Waals surface area contributed by atoms with Gasteiger partial charge in [0.1, 0.15) is 6.04 Å². The van der Waals surface area contributed by atoms with Gasteiger partial charge in [0, 0.05) is 18.0 Å². The van der Waals surface area contributed by atoms with E-state index < -0.39 is 16.1 Å². The number of rotatable bonds is 5. The van der Waals surface area contributed by atoms with Gasteiger partial charge in [-0.05, 0) is 38.8 Å². The Kier molecular flexibility index (Phi) is 5.07. The highest BCUT2D eigenvalue weighted by atomic mass is 32.2. The Hall–Kier alpha value is -2.46. The van der Waals surface area contributed by atoms with E-state index in [-0.39, 0.29) is 11.0 Å². The number of nitrogens with zero attached hydrogens (tertiary/aromatic N) is 4. The van der Waals surface area contributed by atoms with Crippen molar-refractivity contribution >= 4 is 10.0 Å². The second-order valence-electron chi connectivity index (χ2n) is 7.61. The molecule has 0 saturated carbocycles. The molecule has 3 aromatic rings. The lowest BCUT2D eigenvalue weighted by Gasteiger charge is -2.31. The normalized spacial score (nSPS) is 18.6. The summed E-state index contributed by atoms with van der Waals surface area (Å²) in [6, 6.07) is 2.53. The fourth-order valence-electron chi connectivity index (χ4n) is 3.40. The van der Waals surface area contributed by atoms with Crippen molar-refractivity contribution in [3.8, 4) is 11.5 Å². The standard InChI is InChI=1S/C19H24N4O5S/c1-11(2)18-20-19(28-22-18)14-7-5-6-10-23(14)29(24,25)16-9-8-15(26-16)17-12(3)13(4)21-27-17/h8-9,11,14H,5-7,10H2,1-4H3. The molecule has 1 saturated heterocycles. The van der Waals surface area contributed by atoms with Gasteiger partial charge in [0.15, 0.2) is 11.6 Å². The summed E-state index contributed by atoms with van der Waals surface area (Å²) in [6.07, 6.45) is 2.26. The van der Waals surface area contributed by atoms with Crippen molar-refractivity contribution < 1.29 is 21.9 Å². The van der Waals surface area contributed by atoms with Crippen LogP contribution in [0.3, 0.4) is 0 Å². The summed E-state index contributed by atoms with van der Waals surface area (Å²) in [5.41, 5.74) is 1.54. The van der Waals surface area contributed by atoms with Crippen LogP contribution >= 0.6 is 0 Å². The van der Waals surface area contributed by atoms with Gasteiger partial charge < -0.3 is 13.5 Å². The molecular formula is C19H24N4O5S. The van der Waals surface area contributed by atoms with Gasteiger partial charge in [-0.25, -0.2) is 8.42 Å². The molecule has 0 spiro atoms. The molecule has 29 heavy (non-hydrogen) atoms. The monoisotopic (exact) mass is 420 g/mol. The lowest BCUT2D eigenvalue weighted by molar-refractivity contribution is 0.201. The molecule has 1 aliphatic rings. The van der Waals surface area contributed by atoms with Crippen molar-refractivity contribution in [1.82, 2.24) is 19.6 Å². The Balaban J connectivity index is 1.67. The Morgan fingerprint density at radius 2 is 1.93 bits per heavy atom. The van der Waals surface area contributed by atoms with Crippen LogP contribution in [0, 0.1) is 13.8 Å². The third-order valence-corrected chi connectivity index (χ3v) is 7.02. The second kappa shape index (κ2) is 7.42. The van der Waals surface area contributed by atoms with Crippen molar-refractivity contribution in [2.24, 2.45) is 0 Å². The van der Waals surface area contributed by atoms with Crippen molar-refractivity contribution in [1.29, 1.82) is 0 Å². The van der Waals surface area contributed by atoms with Crippen LogP contribution < -0.4 is 0 Å². The molecule has 4 rings (SSSR count). The first-order valence-electron chi connectivity index (χ1n) is 9.67. The summed E-state index contributed by atoms with van der Waals surface area (Å²) < 4.78 is 44.4. The highest BCUT2D eigenvalue weighted by Gasteiger charge is 2.39. The van der Waals surface area contributed by atoms with Gasteiger partial charge in [-0.3, -0.25) is 0 Å². The minimum Gasteiger partial charge on any atom is -0.440 e. The van der Waals surface area contributed by atoms with Gasteiger partial charge in [0.05, 0.1) is 5.69 Å². The number of piperidine rings is 1. The quantitative estimate of drug-likeness (QED) is 0.609. The predicted molar refractivity (Wildman–Crippen MR) is 103 cm³/mol. The van der Waals surface area contributed by atoms with Crippen LogP contribution in [0.4, 0.5) is 0 Å². The molecule has 0 aromatic carbocycles. The summed E-state index contributed by atoms with van der Waals surface area (Å²) in [7, 11) is -3.89. The molecule has 0 N–H and O–H groups in total. The van der Waals surface area contributed by atoms with Crippen LogP contribution in [0.2, 0.25) is 0 Å². The molecule has 4 heterocycles. The van der Waals surface area contributed by atoms with Gasteiger partial charge in [-0.15, -0.1) is 0 Å². The average molecular weight is 420 g/mol. The minimum absolute atomic E-state index is 0.0994. The summed E-state index contributed by atoms with van der Waals surface area (Å²) in [6.45, 7) is 7.95. The lowest BCUT2D eigenvalue weighted by Crippen LogP contribution is -2.38. The van der Waals surface area contributed by atoms with Crippen molar-refractivity contribution in [3.63, 3.8) is 0 Å². The number of furan rings is 1. The molecule has 0 amide bonds. The van der Waals surface area contributed by atoms with E-state index in [4.69, 9.17) is 13.5 Å². The van der Waals surface area contributed by atoms with Crippen LogP contribution in [0.1, 0.15) is 68.0 Å². The van der Waals surface area contributed by atoms with Gasteiger partial charge >= 0.3 is 0 Å². The number of sulfonamides is 1. The number of hydrogen-bond acceptors (Lipinski definition) is 8. The second-order valence-corrected chi connectivity index (χ2v) is 9.44. The van der Waals surface area contributed by atoms with E-state index in [0.29, 0.717) is 36.2 Å². The maximum atomic E-state index is 13.3. The molecule has 10 heteroatoms. The zero-order chi connectivity index (χ0) is 20.8. The molecule has 0 bridgehead atoms. The average Bonchev–Trinajstić information content (AvgIpc) is 3.43. The molecule has 0 aliphatic carbocycles. The summed E-state index contributed by atoms with van der Waals surface area (Å²) in [4.78, 5) is 4.42. The Labute approximate surface area is 169 Å². The Morgan fingerprint density at radius 3 is 2.59 bits per heavy atom. The molecule has 9 nitrogen and oxygen atoms in total. The van der Waals surface area contributed by atoms with Gasteiger partial charge in [0.25, 0.3) is 10.0 Å². The molecule has 156 valence electrons. The van der Waals surface area contributed by atoms with Gasteiger partial charge in [-0.2, -0.15) is 9.29 Å². The first kappa shape index (κ1) is 19.8. The van der Waals surface area contributed by atoms with E-state index in [2.05, 4.69) is 15.3 Å². The van der Waals surface area contributed by atoms with E-state index in [0.717, 1.165) is 24.1 Å². The number of hydrogen-bond donors (Lipinski definition) is 0. The zero-order valence-corrected chi connectivity index (χ0v) is 17.7. The van der Waals surface area contributed by atoms with Crippen molar-refractivity contribution in [2.45, 2.75) is 64.0 Å². The molecule has 1 atom stereocenters. The van der Waals surface area contributed by atoms with E-state index in [1.807, 2.05) is 27.7 Å². The molecule has 1 aliphatic heterocycles. The van der Waals surface area contributed by atoms with Crippen LogP contribution in [0.15, 0.2) is 30.7 Å². The smallest absolute Gasteiger partial charge is 0.277 e. The van der Waals surface area contributed by atoms with Crippen LogP contribution in [-0.4, -0.2) is 34.6 Å². The molecule has 3 aromatic heterocycles. The maximum Gasteiger partial charge on any atom is 0.277 e. The van der Waals surface area contributed by atoms with Gasteiger partial charge in [-0.1, -0.05) is 30.6 Å². The SMILES string of the molecule is Cc1noc(-c2ccc(S(=O)(=O)N3CCCCC3c3nc(C(C)C)no3)o2)c1C. The third kappa shape index (κ3) is 3.51. The van der Waals surface area contributed by atoms with E-state index >= 15 is 0 Å². The predicted octanol–water partition coefficient (Wildman–Crippen LogP) is 3.97. The van der Waals surface area contributed by atoms with E-state index in [1.165, 1.54) is 10.4 Å². The summed E-state index contributed by atoms with van der Waals surface area (Å²) in [5.74, 6) is 1.75. The Morgan fingerprint density at radius 1 is 1.14 bits per heavy atom. The fraction of sp³-hybridized carbons (Fsp3) is 0.526. The van der Waals surface area contributed by atoms with Crippen LogP contribution in [0.25, 0.3) is 11.5 Å². The molecule has 0 radical (unpaired) electrons. The summed E-state index contributed by atoms with van der Waals surface area (Å²) in [5, 5.41) is 7.74. The van der Waals surface area contributed by atoms with Crippen molar-refractivity contribution in [2.75, 3.05) is 6.54 Å². The first-order chi connectivity index (χ1) is 13.8.